The maximum atomic E-state index is 13.9. The largest absolute Gasteiger partial charge is 0.358 e. The number of benzene rings is 4. The van der Waals surface area contributed by atoms with Crippen LogP contribution in [0.1, 0.15) is 64.6 Å². The Morgan fingerprint density at radius 2 is 1.01 bits per heavy atom. The Kier molecular flexibility index (Phi) is 13.8. The van der Waals surface area contributed by atoms with Crippen molar-refractivity contribution in [2.45, 2.75) is 39.7 Å². The SMILES string of the molecule is CC(c1nc2ccc(F)cc2c(Cl)c1-c1ccccn1)N1C(=O)c2ccccc2C1=O.CCc1[nH]c2ccc(F)cc2c(=O)c1-c1ccccn1.CCc1nc2ccc(F)cc2c(Cl)c1-c1ccccn1. The van der Waals surface area contributed by atoms with Crippen molar-refractivity contribution >= 4 is 67.7 Å². The first kappa shape index (κ1) is 47.9. The number of nitrogens with zero attached hydrogens (tertiary/aromatic N) is 6. The van der Waals surface area contributed by atoms with Crippen LogP contribution in [0.5, 0.6) is 0 Å². The molecule has 0 radical (unpaired) electrons. The molecule has 0 spiro atoms. The number of carbonyl (C=O) groups is 2. The molecule has 71 heavy (non-hydrogen) atoms. The fraction of sp³-hybridized carbons (Fsp3) is 0.107. The summed E-state index contributed by atoms with van der Waals surface area (Å²) in [4.78, 5) is 65.3. The molecule has 4 aromatic carbocycles. The first-order valence-electron chi connectivity index (χ1n) is 22.5. The number of imide groups is 1. The molecule has 10 aromatic rings. The van der Waals surface area contributed by atoms with Gasteiger partial charge in [-0.2, -0.15) is 0 Å². The second-order valence-electron chi connectivity index (χ2n) is 16.3. The normalized spacial score (nSPS) is 12.4. The summed E-state index contributed by atoms with van der Waals surface area (Å²) >= 11 is 13.2. The summed E-state index contributed by atoms with van der Waals surface area (Å²) in [6, 6.07) is 35.1. The lowest BCUT2D eigenvalue weighted by atomic mass is 10.0. The number of carbonyl (C=O) groups excluding carboxylic acids is 2. The molecule has 352 valence electrons. The van der Waals surface area contributed by atoms with Crippen molar-refractivity contribution in [2.75, 3.05) is 0 Å². The van der Waals surface area contributed by atoms with Gasteiger partial charge in [-0.15, -0.1) is 0 Å². The summed E-state index contributed by atoms with van der Waals surface area (Å²) in [5.41, 5.74) is 8.08. The average Bonchev–Trinajstić information content (AvgIpc) is 3.65. The van der Waals surface area contributed by atoms with Crippen LogP contribution >= 0.6 is 23.2 Å². The van der Waals surface area contributed by atoms with Crippen LogP contribution in [-0.2, 0) is 12.8 Å². The highest BCUT2D eigenvalue weighted by Crippen LogP contribution is 2.41. The highest BCUT2D eigenvalue weighted by molar-refractivity contribution is 6.38. The molecule has 6 aromatic heterocycles. The highest BCUT2D eigenvalue weighted by atomic mass is 35.5. The number of halogens is 5. The van der Waals surface area contributed by atoms with Gasteiger partial charge in [0.15, 0.2) is 5.43 Å². The molecule has 11 rings (SSSR count). The molecular weight excluding hydrogens is 947 g/mol. The molecule has 1 unspecified atom stereocenters. The molecule has 1 N–H and O–H groups in total. The monoisotopic (exact) mass is 985 g/mol. The van der Waals surface area contributed by atoms with E-state index < -0.39 is 29.5 Å². The van der Waals surface area contributed by atoms with E-state index in [2.05, 4.69) is 24.9 Å². The lowest BCUT2D eigenvalue weighted by molar-refractivity contribution is 0.0592. The molecular formula is C56H40Cl2F3N7O3. The second kappa shape index (κ2) is 20.5. The number of aromatic amines is 1. The number of hydrogen-bond donors (Lipinski definition) is 1. The maximum absolute atomic E-state index is 13.9. The minimum absolute atomic E-state index is 0.186. The third-order valence-electron chi connectivity index (χ3n) is 12.0. The van der Waals surface area contributed by atoms with Gasteiger partial charge in [0.05, 0.1) is 72.3 Å². The standard InChI is InChI=1S/C24H15ClFN3O2.C16H12ClFN2.C16H13FN2O/c1-13(29-23(30)15-6-2-3-7-16(15)24(29)31)22-20(19-8-4-5-11-27-19)21(25)17-12-14(26)9-10-18(17)28-22;1-2-12-15(14-5-3-4-8-19-14)16(17)11-9-10(18)6-7-13(11)20-12;1-2-12-15(14-5-3-4-8-18-14)16(20)11-9-10(17)6-7-13(11)19-12/h2-13H,1H3;3-9H,2H2,1H3;3-9H,2H2,1H3,(H,19,20). The first-order valence-corrected chi connectivity index (χ1v) is 23.3. The van der Waals surface area contributed by atoms with E-state index in [4.69, 9.17) is 28.2 Å². The van der Waals surface area contributed by atoms with Gasteiger partial charge in [0.1, 0.15) is 17.5 Å². The van der Waals surface area contributed by atoms with Gasteiger partial charge in [-0.25, -0.2) is 18.2 Å². The Bertz CT molecular complexity index is 3700. The number of fused-ring (bicyclic) bond motifs is 4. The molecule has 7 heterocycles. The van der Waals surface area contributed by atoms with Crippen molar-refractivity contribution in [3.63, 3.8) is 0 Å². The molecule has 0 bridgehead atoms. The molecule has 2 amide bonds. The Balaban J connectivity index is 0.000000137. The number of H-pyrrole nitrogens is 1. The fourth-order valence-corrected chi connectivity index (χ4v) is 9.28. The molecule has 1 aliphatic rings. The molecule has 0 saturated heterocycles. The Labute approximate surface area is 414 Å². The number of nitrogens with one attached hydrogen (secondary N) is 1. The van der Waals surface area contributed by atoms with E-state index >= 15 is 0 Å². The van der Waals surface area contributed by atoms with E-state index in [1.54, 1.807) is 92.2 Å². The molecule has 0 aliphatic carbocycles. The van der Waals surface area contributed by atoms with Crippen LogP contribution in [0.3, 0.4) is 0 Å². The molecule has 0 saturated carbocycles. The number of pyridine rings is 6. The topological polar surface area (TPSA) is 135 Å². The van der Waals surface area contributed by atoms with Crippen molar-refractivity contribution in [2.24, 2.45) is 0 Å². The van der Waals surface area contributed by atoms with Crippen molar-refractivity contribution in [3.8, 4) is 33.8 Å². The third kappa shape index (κ3) is 9.37. The van der Waals surface area contributed by atoms with Crippen LogP contribution in [0.4, 0.5) is 13.2 Å². The van der Waals surface area contributed by atoms with E-state index in [0.29, 0.717) is 83.5 Å². The second-order valence-corrected chi connectivity index (χ2v) is 17.1. The van der Waals surface area contributed by atoms with E-state index in [1.807, 2.05) is 38.1 Å². The lowest BCUT2D eigenvalue weighted by Crippen LogP contribution is -2.33. The number of aromatic nitrogens is 6. The van der Waals surface area contributed by atoms with Gasteiger partial charge in [-0.1, -0.05) is 67.4 Å². The van der Waals surface area contributed by atoms with Crippen LogP contribution in [0.25, 0.3) is 66.5 Å². The Hall–Kier alpha value is -8.13. The fourth-order valence-electron chi connectivity index (χ4n) is 8.58. The van der Waals surface area contributed by atoms with Crippen molar-refractivity contribution in [1.82, 2.24) is 34.8 Å². The highest BCUT2D eigenvalue weighted by Gasteiger charge is 2.40. The molecule has 0 fully saturated rings. The third-order valence-corrected chi connectivity index (χ3v) is 12.8. The zero-order chi connectivity index (χ0) is 49.9. The van der Waals surface area contributed by atoms with Gasteiger partial charge >= 0.3 is 0 Å². The van der Waals surface area contributed by atoms with Gasteiger partial charge in [0.2, 0.25) is 0 Å². The van der Waals surface area contributed by atoms with Crippen molar-refractivity contribution in [3.05, 3.63) is 218 Å². The van der Waals surface area contributed by atoms with Crippen molar-refractivity contribution < 1.29 is 22.8 Å². The zero-order valence-electron chi connectivity index (χ0n) is 38.2. The summed E-state index contributed by atoms with van der Waals surface area (Å²) in [5, 5.41) is 2.17. The smallest absolute Gasteiger partial charge is 0.262 e. The minimum atomic E-state index is -0.726. The maximum Gasteiger partial charge on any atom is 0.262 e. The van der Waals surface area contributed by atoms with Crippen LogP contribution in [0.2, 0.25) is 10.0 Å². The predicted molar refractivity (Wildman–Crippen MR) is 272 cm³/mol. The van der Waals surface area contributed by atoms with Crippen LogP contribution in [0, 0.1) is 17.5 Å². The van der Waals surface area contributed by atoms with Gasteiger partial charge in [0, 0.05) is 57.1 Å². The van der Waals surface area contributed by atoms with Gasteiger partial charge in [0.25, 0.3) is 11.8 Å². The number of amides is 2. The number of rotatable bonds is 7. The predicted octanol–water partition coefficient (Wildman–Crippen LogP) is 13.4. The molecule has 1 atom stereocenters. The average molecular weight is 987 g/mol. The first-order chi connectivity index (χ1) is 34.4. The lowest BCUT2D eigenvalue weighted by Gasteiger charge is -2.25. The zero-order valence-corrected chi connectivity index (χ0v) is 39.7. The van der Waals surface area contributed by atoms with Gasteiger partial charge < -0.3 is 4.98 Å². The van der Waals surface area contributed by atoms with Crippen LogP contribution in [-0.4, -0.2) is 46.6 Å². The quantitative estimate of drug-likeness (QED) is 0.156. The van der Waals surface area contributed by atoms with Gasteiger partial charge in [-0.3, -0.25) is 39.2 Å². The molecule has 10 nitrogen and oxygen atoms in total. The summed E-state index contributed by atoms with van der Waals surface area (Å²) < 4.78 is 40.7. The van der Waals surface area contributed by atoms with Crippen LogP contribution in [0.15, 0.2) is 157 Å². The summed E-state index contributed by atoms with van der Waals surface area (Å²) in [7, 11) is 0. The number of aryl methyl sites for hydroxylation is 2. The van der Waals surface area contributed by atoms with E-state index in [-0.39, 0.29) is 16.3 Å². The summed E-state index contributed by atoms with van der Waals surface area (Å²) in [6.45, 7) is 5.70. The van der Waals surface area contributed by atoms with Crippen LogP contribution < -0.4 is 5.43 Å². The van der Waals surface area contributed by atoms with Crippen molar-refractivity contribution in [1.29, 1.82) is 0 Å². The molecule has 15 heteroatoms. The number of hydrogen-bond acceptors (Lipinski definition) is 8. The van der Waals surface area contributed by atoms with E-state index in [1.165, 1.54) is 47.4 Å². The van der Waals surface area contributed by atoms with E-state index in [9.17, 15) is 27.6 Å². The summed E-state index contributed by atoms with van der Waals surface area (Å²) in [5.74, 6) is -1.96. The van der Waals surface area contributed by atoms with Gasteiger partial charge in [-0.05, 0) is 123 Å². The Morgan fingerprint density at radius 3 is 1.52 bits per heavy atom. The Morgan fingerprint density at radius 1 is 0.549 bits per heavy atom. The summed E-state index contributed by atoms with van der Waals surface area (Å²) in [6.07, 6.45) is 6.37. The molecule has 1 aliphatic heterocycles. The van der Waals surface area contributed by atoms with E-state index in [0.717, 1.165) is 29.1 Å². The minimum Gasteiger partial charge on any atom is -0.358 e.